The number of ether oxygens (including phenoxy) is 2. The quantitative estimate of drug-likeness (QED) is 0.422. The van der Waals surface area contributed by atoms with E-state index in [1.807, 2.05) is 0 Å². The zero-order valence-electron chi connectivity index (χ0n) is 17.7. The maximum absolute atomic E-state index is 13.1. The molecule has 0 atom stereocenters. The van der Waals surface area contributed by atoms with E-state index >= 15 is 0 Å². The van der Waals surface area contributed by atoms with Crippen LogP contribution in [0.3, 0.4) is 0 Å². The summed E-state index contributed by atoms with van der Waals surface area (Å²) in [5.74, 6) is -0.447. The molecular weight excluding hydrogens is 511 g/mol. The van der Waals surface area contributed by atoms with Gasteiger partial charge in [0.1, 0.15) is 0 Å². The minimum Gasteiger partial charge on any atom is -0.493 e. The van der Waals surface area contributed by atoms with Gasteiger partial charge in [-0.25, -0.2) is 8.42 Å². The molecule has 0 heterocycles. The summed E-state index contributed by atoms with van der Waals surface area (Å²) >= 11 is 5.82. The van der Waals surface area contributed by atoms with Crippen molar-refractivity contribution in [3.05, 3.63) is 71.2 Å². The van der Waals surface area contributed by atoms with Gasteiger partial charge in [0.25, 0.3) is 15.9 Å². The Morgan fingerprint density at radius 2 is 1.38 bits per heavy atom. The Morgan fingerprint density at radius 3 is 1.91 bits per heavy atom. The van der Waals surface area contributed by atoms with Crippen LogP contribution in [0.5, 0.6) is 11.5 Å². The Hall–Kier alpha value is -3.35. The monoisotopic (exact) mass is 528 g/mol. The maximum atomic E-state index is 13.1. The summed E-state index contributed by atoms with van der Waals surface area (Å²) in [6.45, 7) is 0. The Kier molecular flexibility index (Phi) is 7.34. The average Bonchev–Trinajstić information content (AvgIpc) is 2.78. The van der Waals surface area contributed by atoms with Crippen molar-refractivity contribution >= 4 is 49.1 Å². The summed E-state index contributed by atoms with van der Waals surface area (Å²) in [4.78, 5) is 12.3. The predicted octanol–water partition coefficient (Wildman–Crippen LogP) is 4.07. The fourth-order valence-corrected chi connectivity index (χ4v) is 4.53. The molecule has 3 aromatic carbocycles. The number of amides is 1. The smallest absolute Gasteiger partial charge is 0.332 e. The first-order chi connectivity index (χ1) is 15.9. The third-order valence-corrected chi connectivity index (χ3v) is 7.00. The fourth-order valence-electron chi connectivity index (χ4n) is 2.87. The minimum atomic E-state index is -4.90. The fraction of sp³-hybridized carbons (Fsp3) is 0.0952. The molecule has 0 bridgehead atoms. The number of benzene rings is 3. The highest BCUT2D eigenvalue weighted by molar-refractivity contribution is 7.92. The molecule has 0 aliphatic heterocycles. The van der Waals surface area contributed by atoms with Crippen LogP contribution >= 0.6 is 11.6 Å². The highest BCUT2D eigenvalue weighted by atomic mass is 35.5. The van der Waals surface area contributed by atoms with Crippen LogP contribution in [0.2, 0.25) is 5.02 Å². The second-order valence-corrected chi connectivity index (χ2v) is 10.2. The summed E-state index contributed by atoms with van der Waals surface area (Å²) in [5.41, 5.74) is -0.107. The molecule has 0 radical (unpaired) electrons. The highest BCUT2D eigenvalue weighted by Crippen LogP contribution is 2.35. The lowest BCUT2D eigenvalue weighted by atomic mass is 10.1. The number of nitrogens with one attached hydrogen (secondary N) is 2. The molecule has 0 fully saturated rings. The van der Waals surface area contributed by atoms with Gasteiger partial charge in [-0.15, -0.1) is 3.89 Å². The van der Waals surface area contributed by atoms with Crippen molar-refractivity contribution in [3.8, 4) is 11.5 Å². The van der Waals surface area contributed by atoms with Gasteiger partial charge in [0.2, 0.25) is 0 Å². The minimum absolute atomic E-state index is 0.0962. The number of hydrogen-bond acceptors (Lipinski definition) is 7. The van der Waals surface area contributed by atoms with Gasteiger partial charge in [-0.1, -0.05) is 11.6 Å². The van der Waals surface area contributed by atoms with Gasteiger partial charge in [-0.2, -0.15) is 8.42 Å². The molecule has 1 amide bonds. The molecule has 180 valence electrons. The molecule has 0 saturated carbocycles. The number of hydrogen-bond donors (Lipinski definition) is 2. The first-order valence-corrected chi connectivity index (χ1v) is 12.6. The molecule has 0 spiro atoms. The van der Waals surface area contributed by atoms with E-state index in [0.29, 0.717) is 5.02 Å². The van der Waals surface area contributed by atoms with E-state index in [4.69, 9.17) is 21.1 Å². The third-order valence-electron chi connectivity index (χ3n) is 4.53. The van der Waals surface area contributed by atoms with Crippen molar-refractivity contribution in [2.45, 2.75) is 9.79 Å². The molecule has 0 saturated heterocycles. The normalized spacial score (nSPS) is 11.5. The number of anilines is 2. The van der Waals surface area contributed by atoms with Crippen LogP contribution in [0, 0.1) is 0 Å². The SMILES string of the molecule is COc1cc(NS(=O)(=O)c2ccc(Cl)cc2)c(C(=O)Nc2ccc(S(=O)(=O)F)cc2)cc1OC. The summed E-state index contributed by atoms with van der Waals surface area (Å²) < 4.78 is 73.6. The van der Waals surface area contributed by atoms with E-state index in [2.05, 4.69) is 10.0 Å². The number of carbonyl (C=O) groups is 1. The van der Waals surface area contributed by atoms with E-state index in [0.717, 1.165) is 12.1 Å². The molecule has 3 rings (SSSR count). The van der Waals surface area contributed by atoms with Crippen LogP contribution in [-0.4, -0.2) is 37.0 Å². The van der Waals surface area contributed by atoms with E-state index in [9.17, 15) is 25.5 Å². The van der Waals surface area contributed by atoms with Gasteiger partial charge in [-0.3, -0.25) is 9.52 Å². The third kappa shape index (κ3) is 5.76. The molecule has 0 aromatic heterocycles. The zero-order chi connectivity index (χ0) is 25.1. The van der Waals surface area contributed by atoms with Crippen LogP contribution in [0.1, 0.15) is 10.4 Å². The number of sulfonamides is 1. The number of methoxy groups -OCH3 is 2. The Balaban J connectivity index is 2.00. The first kappa shape index (κ1) is 25.3. The molecule has 34 heavy (non-hydrogen) atoms. The van der Waals surface area contributed by atoms with Gasteiger partial charge < -0.3 is 14.8 Å². The Bertz CT molecular complexity index is 1430. The zero-order valence-corrected chi connectivity index (χ0v) is 20.1. The maximum Gasteiger partial charge on any atom is 0.332 e. The lowest BCUT2D eigenvalue weighted by molar-refractivity contribution is 0.102. The largest absolute Gasteiger partial charge is 0.493 e. The van der Waals surface area contributed by atoms with Crippen LogP contribution in [-0.2, 0) is 20.2 Å². The van der Waals surface area contributed by atoms with Crippen LogP contribution in [0.15, 0.2) is 70.5 Å². The van der Waals surface area contributed by atoms with Crippen molar-refractivity contribution in [2.24, 2.45) is 0 Å². The van der Waals surface area contributed by atoms with Crippen molar-refractivity contribution in [1.29, 1.82) is 0 Å². The first-order valence-electron chi connectivity index (χ1n) is 9.35. The number of rotatable bonds is 8. The summed E-state index contributed by atoms with van der Waals surface area (Å²) in [5, 5.41) is 2.84. The van der Waals surface area contributed by atoms with Crippen molar-refractivity contribution in [3.63, 3.8) is 0 Å². The van der Waals surface area contributed by atoms with Crippen molar-refractivity contribution in [2.75, 3.05) is 24.3 Å². The Labute approximate surface area is 200 Å². The topological polar surface area (TPSA) is 128 Å². The van der Waals surface area contributed by atoms with Crippen LogP contribution in [0.25, 0.3) is 0 Å². The van der Waals surface area contributed by atoms with E-state index in [1.54, 1.807) is 0 Å². The standard InChI is InChI=1S/C21H18ClFN2O7S2/c1-31-19-11-17(21(26)24-14-5-9-15(10-6-14)33(23,27)28)18(12-20(19)32-2)25-34(29,30)16-7-3-13(22)4-8-16/h3-12,25H,1-2H3,(H,24,26). The molecule has 13 heteroatoms. The van der Waals surface area contributed by atoms with Crippen molar-refractivity contribution in [1.82, 2.24) is 0 Å². The van der Waals surface area contributed by atoms with Gasteiger partial charge >= 0.3 is 10.2 Å². The number of carbonyl (C=O) groups excluding carboxylic acids is 1. The van der Waals surface area contributed by atoms with Crippen LogP contribution in [0.4, 0.5) is 15.3 Å². The second kappa shape index (κ2) is 9.87. The van der Waals surface area contributed by atoms with Gasteiger partial charge in [-0.05, 0) is 54.6 Å². The molecule has 3 aromatic rings. The predicted molar refractivity (Wildman–Crippen MR) is 124 cm³/mol. The van der Waals surface area contributed by atoms with Crippen molar-refractivity contribution < 1.29 is 35.0 Å². The summed E-state index contributed by atoms with van der Waals surface area (Å²) in [6.07, 6.45) is 0. The lowest BCUT2D eigenvalue weighted by Crippen LogP contribution is -2.19. The number of halogens is 2. The molecule has 9 nitrogen and oxygen atoms in total. The average molecular weight is 529 g/mol. The molecule has 0 aliphatic rings. The van der Waals surface area contributed by atoms with Gasteiger partial charge in [0, 0.05) is 16.8 Å². The highest BCUT2D eigenvalue weighted by Gasteiger charge is 2.22. The second-order valence-electron chi connectivity index (χ2n) is 6.73. The Morgan fingerprint density at radius 1 is 0.853 bits per heavy atom. The lowest BCUT2D eigenvalue weighted by Gasteiger charge is -2.16. The molecule has 0 aliphatic carbocycles. The van der Waals surface area contributed by atoms with E-state index < -0.39 is 31.0 Å². The summed E-state index contributed by atoms with van der Waals surface area (Å²) in [7, 11) is -6.34. The molecule has 2 N–H and O–H groups in total. The molecular formula is C21H18ClFN2O7S2. The van der Waals surface area contributed by atoms with E-state index in [-0.39, 0.29) is 33.3 Å². The summed E-state index contributed by atoms with van der Waals surface area (Å²) in [6, 6.07) is 12.3. The van der Waals surface area contributed by atoms with Gasteiger partial charge in [0.05, 0.1) is 35.3 Å². The van der Waals surface area contributed by atoms with E-state index in [1.165, 1.54) is 62.8 Å². The van der Waals surface area contributed by atoms with Gasteiger partial charge in [0.15, 0.2) is 11.5 Å². The van der Waals surface area contributed by atoms with Crippen LogP contribution < -0.4 is 19.5 Å². The molecule has 0 unspecified atom stereocenters.